The molecule has 7 nitrogen and oxygen atoms in total. The molecule has 1 atom stereocenters. The molecule has 27 heavy (non-hydrogen) atoms. The highest BCUT2D eigenvalue weighted by molar-refractivity contribution is 5.78. The van der Waals surface area contributed by atoms with Gasteiger partial charge in [-0.1, -0.05) is 11.3 Å². The lowest BCUT2D eigenvalue weighted by Gasteiger charge is -2.23. The molecule has 1 aliphatic rings. The Morgan fingerprint density at radius 2 is 2.22 bits per heavy atom. The van der Waals surface area contributed by atoms with E-state index >= 15 is 0 Å². The van der Waals surface area contributed by atoms with Crippen LogP contribution in [0.5, 0.6) is 0 Å². The zero-order valence-electron chi connectivity index (χ0n) is 14.9. The van der Waals surface area contributed by atoms with E-state index in [2.05, 4.69) is 15.6 Å². The number of pyridine rings is 1. The fourth-order valence-corrected chi connectivity index (χ4v) is 3.51. The molecule has 0 aliphatic carbocycles. The molecule has 0 spiro atoms. The fourth-order valence-electron chi connectivity index (χ4n) is 3.51. The maximum Gasteiger partial charge on any atom is 0.249 e. The molecule has 0 unspecified atom stereocenters. The first-order valence-electron chi connectivity index (χ1n) is 8.81. The lowest BCUT2D eigenvalue weighted by Crippen LogP contribution is -2.33. The van der Waals surface area contributed by atoms with Crippen molar-refractivity contribution in [3.05, 3.63) is 54.1 Å². The van der Waals surface area contributed by atoms with Crippen LogP contribution in [0.15, 0.2) is 42.6 Å². The summed E-state index contributed by atoms with van der Waals surface area (Å²) in [5.74, 6) is -0.336. The molecule has 1 N–H and O–H groups in total. The Hall–Kier alpha value is -3.00. The van der Waals surface area contributed by atoms with Crippen molar-refractivity contribution in [2.45, 2.75) is 18.9 Å². The lowest BCUT2D eigenvalue weighted by atomic mass is 10.1. The third-order valence-corrected chi connectivity index (χ3v) is 4.71. The summed E-state index contributed by atoms with van der Waals surface area (Å²) < 4.78 is 20.0. The molecule has 0 radical (unpaired) electrons. The van der Waals surface area contributed by atoms with Crippen molar-refractivity contribution in [2.24, 2.45) is 0 Å². The molecule has 8 heteroatoms. The highest BCUT2D eigenvalue weighted by Crippen LogP contribution is 2.33. The van der Waals surface area contributed by atoms with Crippen LogP contribution in [0, 0.1) is 5.82 Å². The van der Waals surface area contributed by atoms with Crippen LogP contribution in [-0.2, 0) is 9.53 Å². The minimum absolute atomic E-state index is 0.0365. The maximum absolute atomic E-state index is 13.3. The molecular weight excluding hydrogens is 349 g/mol. The second kappa shape index (κ2) is 7.32. The number of benzene rings is 1. The maximum atomic E-state index is 13.3. The second-order valence-electron chi connectivity index (χ2n) is 6.54. The van der Waals surface area contributed by atoms with Gasteiger partial charge >= 0.3 is 0 Å². The minimum Gasteiger partial charge on any atom is -0.375 e. The molecule has 1 saturated heterocycles. The van der Waals surface area contributed by atoms with Gasteiger partial charge in [0, 0.05) is 19.3 Å². The van der Waals surface area contributed by atoms with Gasteiger partial charge in [-0.3, -0.25) is 4.79 Å². The Kier molecular flexibility index (Phi) is 4.72. The van der Waals surface area contributed by atoms with Gasteiger partial charge < -0.3 is 15.0 Å². The van der Waals surface area contributed by atoms with Crippen LogP contribution in [0.25, 0.3) is 5.52 Å². The van der Waals surface area contributed by atoms with Crippen LogP contribution in [0.2, 0.25) is 0 Å². The van der Waals surface area contributed by atoms with Crippen molar-refractivity contribution >= 4 is 22.8 Å². The van der Waals surface area contributed by atoms with E-state index in [1.807, 2.05) is 17.0 Å². The summed E-state index contributed by atoms with van der Waals surface area (Å²) >= 11 is 0. The van der Waals surface area contributed by atoms with Gasteiger partial charge in [0.25, 0.3) is 0 Å². The van der Waals surface area contributed by atoms with Crippen LogP contribution in [0.1, 0.15) is 24.6 Å². The summed E-state index contributed by atoms with van der Waals surface area (Å²) in [6.45, 7) is 0.766. The average Bonchev–Trinajstić information content (AvgIpc) is 3.28. The van der Waals surface area contributed by atoms with E-state index in [9.17, 15) is 9.18 Å². The van der Waals surface area contributed by atoms with Gasteiger partial charge in [0.1, 0.15) is 18.1 Å². The lowest BCUT2D eigenvalue weighted by molar-refractivity contribution is -0.136. The van der Waals surface area contributed by atoms with E-state index in [1.165, 1.54) is 19.2 Å². The summed E-state index contributed by atoms with van der Waals surface area (Å²) in [6, 6.07) is 9.97. The van der Waals surface area contributed by atoms with Crippen LogP contribution < -0.4 is 5.32 Å². The second-order valence-corrected chi connectivity index (χ2v) is 6.54. The first-order chi connectivity index (χ1) is 13.2. The van der Waals surface area contributed by atoms with E-state index in [0.29, 0.717) is 12.2 Å². The number of anilines is 2. The monoisotopic (exact) mass is 369 g/mol. The van der Waals surface area contributed by atoms with E-state index < -0.39 is 0 Å². The highest BCUT2D eigenvalue weighted by Gasteiger charge is 2.32. The molecule has 1 aromatic carbocycles. The molecular formula is C19H20FN5O2. The third-order valence-electron chi connectivity index (χ3n) is 4.71. The quantitative estimate of drug-likeness (QED) is 0.749. The Morgan fingerprint density at radius 1 is 1.33 bits per heavy atom. The van der Waals surface area contributed by atoms with Gasteiger partial charge in [0.05, 0.1) is 23.4 Å². The molecule has 1 fully saturated rings. The number of fused-ring (bicyclic) bond motifs is 1. The van der Waals surface area contributed by atoms with E-state index in [-0.39, 0.29) is 24.4 Å². The van der Waals surface area contributed by atoms with Crippen molar-refractivity contribution < 1.29 is 13.9 Å². The number of methoxy groups -OCH3 is 1. The van der Waals surface area contributed by atoms with Gasteiger partial charge in [-0.15, -0.1) is 5.10 Å². The van der Waals surface area contributed by atoms with Gasteiger partial charge in [-0.2, -0.15) is 0 Å². The van der Waals surface area contributed by atoms with Crippen molar-refractivity contribution in [2.75, 3.05) is 25.6 Å². The number of nitrogens with one attached hydrogen (secondary N) is 1. The third kappa shape index (κ3) is 3.48. The normalized spacial score (nSPS) is 16.8. The predicted octanol–water partition coefficient (Wildman–Crippen LogP) is 2.92. The molecule has 3 heterocycles. The van der Waals surface area contributed by atoms with Crippen molar-refractivity contribution in [3.63, 3.8) is 0 Å². The molecule has 2 aromatic heterocycles. The number of amides is 1. The van der Waals surface area contributed by atoms with Crippen LogP contribution in [0.3, 0.4) is 0 Å². The Morgan fingerprint density at radius 3 is 3.04 bits per heavy atom. The summed E-state index contributed by atoms with van der Waals surface area (Å²) in [4.78, 5) is 14.1. The summed E-state index contributed by atoms with van der Waals surface area (Å²) in [5, 5.41) is 11.7. The predicted molar refractivity (Wildman–Crippen MR) is 98.2 cm³/mol. The van der Waals surface area contributed by atoms with Gasteiger partial charge in [0.15, 0.2) is 0 Å². The molecule has 140 valence electrons. The fraction of sp³-hybridized carbons (Fsp3) is 0.316. The number of hydrogen-bond acceptors (Lipinski definition) is 5. The number of nitrogens with zero attached hydrogens (tertiary/aromatic N) is 4. The Bertz CT molecular complexity index is 974. The van der Waals surface area contributed by atoms with Crippen LogP contribution in [-0.4, -0.2) is 45.9 Å². The van der Waals surface area contributed by atoms with E-state index in [1.54, 1.807) is 22.8 Å². The largest absolute Gasteiger partial charge is 0.375 e. The van der Waals surface area contributed by atoms with Crippen molar-refractivity contribution in [1.82, 2.24) is 19.7 Å². The van der Waals surface area contributed by atoms with E-state index in [0.717, 1.165) is 29.7 Å². The molecule has 0 bridgehead atoms. The zero-order chi connectivity index (χ0) is 18.8. The van der Waals surface area contributed by atoms with Crippen LogP contribution in [0.4, 0.5) is 15.8 Å². The smallest absolute Gasteiger partial charge is 0.249 e. The minimum atomic E-state index is -0.300. The summed E-state index contributed by atoms with van der Waals surface area (Å²) in [7, 11) is 1.52. The van der Waals surface area contributed by atoms with Gasteiger partial charge in [0.2, 0.25) is 5.91 Å². The first-order valence-corrected chi connectivity index (χ1v) is 8.81. The van der Waals surface area contributed by atoms with E-state index in [4.69, 9.17) is 4.74 Å². The standard InChI is InChI=1S/C19H20FN5O2/c1-27-12-18(26)24-9-3-6-16(24)19-17-8-7-15(11-25(17)23-22-19)21-14-5-2-4-13(20)10-14/h2,4-5,7-8,10-11,16,21H,3,6,9,12H2,1H3/t16-/m0/s1. The molecule has 1 amide bonds. The average molecular weight is 369 g/mol. The Balaban J connectivity index is 1.60. The number of ether oxygens (including phenoxy) is 1. The van der Waals surface area contributed by atoms with Gasteiger partial charge in [-0.05, 0) is 43.2 Å². The zero-order valence-corrected chi connectivity index (χ0v) is 14.9. The number of aromatic nitrogens is 3. The number of hydrogen-bond donors (Lipinski definition) is 1. The first kappa shape index (κ1) is 17.4. The Labute approximate surface area is 155 Å². The highest BCUT2D eigenvalue weighted by atomic mass is 19.1. The molecule has 4 rings (SSSR count). The van der Waals surface area contributed by atoms with Crippen molar-refractivity contribution in [3.8, 4) is 0 Å². The summed E-state index contributed by atoms with van der Waals surface area (Å²) in [6.07, 6.45) is 3.58. The topological polar surface area (TPSA) is 71.8 Å². The number of halogens is 1. The number of rotatable bonds is 5. The SMILES string of the molecule is COCC(=O)N1CCC[C@H]1c1nnn2cc(Nc3cccc(F)c3)ccc12. The molecule has 1 aliphatic heterocycles. The number of carbonyl (C=O) groups excluding carboxylic acids is 1. The molecule has 0 saturated carbocycles. The molecule has 3 aromatic rings. The number of carbonyl (C=O) groups is 1. The number of likely N-dealkylation sites (tertiary alicyclic amines) is 1. The van der Waals surface area contributed by atoms with Crippen molar-refractivity contribution in [1.29, 1.82) is 0 Å². The van der Waals surface area contributed by atoms with Gasteiger partial charge in [-0.25, -0.2) is 8.91 Å². The van der Waals surface area contributed by atoms with Crippen LogP contribution >= 0.6 is 0 Å². The summed E-state index contributed by atoms with van der Waals surface area (Å²) in [5.41, 5.74) is 3.06.